The van der Waals surface area contributed by atoms with Crippen LogP contribution >= 0.6 is 22.6 Å². The Morgan fingerprint density at radius 3 is 2.52 bits per heavy atom. The van der Waals surface area contributed by atoms with Gasteiger partial charge in [0, 0.05) is 15.8 Å². The van der Waals surface area contributed by atoms with Gasteiger partial charge >= 0.3 is 0 Å². The number of hydrogen-bond donors (Lipinski definition) is 1. The van der Waals surface area contributed by atoms with Gasteiger partial charge in [-0.05, 0) is 59.8 Å². The zero-order valence-electron chi connectivity index (χ0n) is 13.2. The predicted octanol–water partition coefficient (Wildman–Crippen LogP) is 4.27. The van der Waals surface area contributed by atoms with Crippen molar-refractivity contribution in [2.45, 2.75) is 13.5 Å². The van der Waals surface area contributed by atoms with E-state index < -0.39 is 17.5 Å². The Bertz CT molecular complexity index is 929. The lowest BCUT2D eigenvalue weighted by molar-refractivity contribution is 0.516. The molecule has 130 valence electrons. The Morgan fingerprint density at radius 2 is 1.88 bits per heavy atom. The fourth-order valence-electron chi connectivity index (χ4n) is 2.62. The second kappa shape index (κ2) is 7.12. The largest absolute Gasteiger partial charge is 0.326 e. The molecule has 0 atom stereocenters. The molecule has 0 spiro atoms. The minimum absolute atomic E-state index is 0.0418. The summed E-state index contributed by atoms with van der Waals surface area (Å²) in [6, 6.07) is 6.82. The van der Waals surface area contributed by atoms with Crippen molar-refractivity contribution >= 4 is 45.0 Å². The molecule has 1 heterocycles. The van der Waals surface area contributed by atoms with Gasteiger partial charge in [0.1, 0.15) is 17.5 Å². The lowest BCUT2D eigenvalue weighted by Gasteiger charge is -2.24. The lowest BCUT2D eigenvalue weighted by atomic mass is 10.2. The van der Waals surface area contributed by atoms with Gasteiger partial charge in [-0.15, -0.1) is 0 Å². The van der Waals surface area contributed by atoms with E-state index in [9.17, 15) is 13.2 Å². The van der Waals surface area contributed by atoms with Crippen LogP contribution < -0.4 is 10.6 Å². The minimum Gasteiger partial charge on any atom is -0.326 e. The maximum Gasteiger partial charge on any atom is 0.171 e. The number of aromatic nitrogens is 2. The van der Waals surface area contributed by atoms with Gasteiger partial charge in [-0.25, -0.2) is 23.1 Å². The van der Waals surface area contributed by atoms with Crippen molar-refractivity contribution in [1.82, 2.24) is 9.97 Å². The molecule has 0 aliphatic heterocycles. The number of benzene rings is 2. The first-order chi connectivity index (χ1) is 11.9. The molecule has 1 aromatic heterocycles. The molecule has 0 saturated heterocycles. The number of nitrogens with zero attached hydrogens (tertiary/aromatic N) is 3. The van der Waals surface area contributed by atoms with Crippen LogP contribution in [0.25, 0.3) is 10.9 Å². The van der Waals surface area contributed by atoms with Crippen molar-refractivity contribution in [3.8, 4) is 0 Å². The van der Waals surface area contributed by atoms with Crippen molar-refractivity contribution in [1.29, 1.82) is 0 Å². The summed E-state index contributed by atoms with van der Waals surface area (Å²) in [6.45, 7) is 2.22. The molecule has 3 rings (SSSR count). The van der Waals surface area contributed by atoms with Crippen molar-refractivity contribution in [2.75, 3.05) is 11.4 Å². The first-order valence-corrected chi connectivity index (χ1v) is 8.60. The Labute approximate surface area is 156 Å². The standard InChI is InChI=1S/C17H14F3IN4/c1-2-25(11-6-9(18)5-10(21)7-11)17-15-13(23-14(8-22)24-17)4-3-12(19)16(15)20/h3-7H,2,8,22H2,1H3. The number of fused-ring (bicyclic) bond motifs is 1. The molecule has 0 saturated carbocycles. The molecule has 0 aliphatic carbocycles. The monoisotopic (exact) mass is 458 g/mol. The number of hydrogen-bond acceptors (Lipinski definition) is 4. The third-order valence-electron chi connectivity index (χ3n) is 3.69. The smallest absolute Gasteiger partial charge is 0.171 e. The summed E-state index contributed by atoms with van der Waals surface area (Å²) < 4.78 is 42.8. The van der Waals surface area contributed by atoms with Gasteiger partial charge in [-0.3, -0.25) is 0 Å². The summed E-state index contributed by atoms with van der Waals surface area (Å²) in [7, 11) is 0. The van der Waals surface area contributed by atoms with Crippen LogP contribution in [0, 0.1) is 21.0 Å². The van der Waals surface area contributed by atoms with E-state index in [1.807, 2.05) is 29.5 Å². The van der Waals surface area contributed by atoms with Crippen LogP contribution in [0.3, 0.4) is 0 Å². The number of rotatable bonds is 4. The Hall–Kier alpha value is -1.94. The molecule has 0 aliphatic rings. The van der Waals surface area contributed by atoms with Gasteiger partial charge in [0.05, 0.1) is 17.4 Å². The van der Waals surface area contributed by atoms with Crippen LogP contribution in [-0.4, -0.2) is 16.5 Å². The van der Waals surface area contributed by atoms with Crippen LogP contribution in [0.2, 0.25) is 0 Å². The lowest BCUT2D eigenvalue weighted by Crippen LogP contribution is -2.20. The summed E-state index contributed by atoms with van der Waals surface area (Å²) in [5.41, 5.74) is 6.36. The predicted molar refractivity (Wildman–Crippen MR) is 99.1 cm³/mol. The van der Waals surface area contributed by atoms with E-state index in [0.717, 1.165) is 6.07 Å². The van der Waals surface area contributed by atoms with E-state index in [1.165, 1.54) is 18.2 Å². The van der Waals surface area contributed by atoms with Crippen LogP contribution in [-0.2, 0) is 6.54 Å². The fraction of sp³-hybridized carbons (Fsp3) is 0.176. The highest BCUT2D eigenvalue weighted by Crippen LogP contribution is 2.33. The van der Waals surface area contributed by atoms with E-state index >= 15 is 0 Å². The van der Waals surface area contributed by atoms with Crippen LogP contribution in [0.4, 0.5) is 24.7 Å². The van der Waals surface area contributed by atoms with Crippen molar-refractivity contribution in [3.63, 3.8) is 0 Å². The van der Waals surface area contributed by atoms with E-state index in [4.69, 9.17) is 5.73 Å². The van der Waals surface area contributed by atoms with Crippen molar-refractivity contribution in [2.24, 2.45) is 5.73 Å². The zero-order valence-corrected chi connectivity index (χ0v) is 15.4. The molecular weight excluding hydrogens is 444 g/mol. The maximum absolute atomic E-state index is 14.5. The molecule has 0 radical (unpaired) electrons. The second-order valence-corrected chi connectivity index (χ2v) is 6.54. The molecule has 2 N–H and O–H groups in total. The highest BCUT2D eigenvalue weighted by molar-refractivity contribution is 14.1. The highest BCUT2D eigenvalue weighted by atomic mass is 127. The third-order valence-corrected chi connectivity index (χ3v) is 4.32. The third kappa shape index (κ3) is 3.40. The first-order valence-electron chi connectivity index (χ1n) is 7.53. The van der Waals surface area contributed by atoms with Gasteiger partial charge in [-0.2, -0.15) is 0 Å². The van der Waals surface area contributed by atoms with E-state index in [1.54, 1.807) is 11.0 Å². The SMILES string of the molecule is CCN(c1cc(F)cc(I)c1)c1nc(CN)nc2ccc(F)c(F)c12. The molecule has 0 amide bonds. The molecule has 4 nitrogen and oxygen atoms in total. The molecule has 0 fully saturated rings. The Kier molecular flexibility index (Phi) is 5.09. The fourth-order valence-corrected chi connectivity index (χ4v) is 3.24. The molecule has 3 aromatic rings. The van der Waals surface area contributed by atoms with Gasteiger partial charge in [0.2, 0.25) is 0 Å². The number of halogens is 4. The first kappa shape index (κ1) is 17.9. The number of anilines is 2. The molecule has 2 aromatic carbocycles. The highest BCUT2D eigenvalue weighted by Gasteiger charge is 2.20. The number of nitrogens with two attached hydrogens (primary N) is 1. The minimum atomic E-state index is -1.04. The second-order valence-electron chi connectivity index (χ2n) is 5.29. The zero-order chi connectivity index (χ0) is 18.1. The summed E-state index contributed by atoms with van der Waals surface area (Å²) in [5.74, 6) is -2.02. The van der Waals surface area contributed by atoms with Gasteiger partial charge in [0.25, 0.3) is 0 Å². The van der Waals surface area contributed by atoms with Crippen LogP contribution in [0.5, 0.6) is 0 Å². The molecule has 25 heavy (non-hydrogen) atoms. The maximum atomic E-state index is 14.5. The molecular formula is C17H14F3IN4. The van der Waals surface area contributed by atoms with Crippen molar-refractivity contribution < 1.29 is 13.2 Å². The summed E-state index contributed by atoms with van der Waals surface area (Å²) in [6.07, 6.45) is 0. The van der Waals surface area contributed by atoms with Gasteiger partial charge < -0.3 is 10.6 Å². The average molecular weight is 458 g/mol. The normalized spacial score (nSPS) is 11.1. The van der Waals surface area contributed by atoms with E-state index in [2.05, 4.69) is 9.97 Å². The van der Waals surface area contributed by atoms with Gasteiger partial charge in [-0.1, -0.05) is 0 Å². The summed E-state index contributed by atoms with van der Waals surface area (Å²) in [4.78, 5) is 10.1. The molecule has 0 unspecified atom stereocenters. The molecule has 0 bridgehead atoms. The summed E-state index contributed by atoms with van der Waals surface area (Å²) >= 11 is 1.99. The topological polar surface area (TPSA) is 55.0 Å². The van der Waals surface area contributed by atoms with Crippen LogP contribution in [0.15, 0.2) is 30.3 Å². The van der Waals surface area contributed by atoms with E-state index in [0.29, 0.717) is 15.8 Å². The van der Waals surface area contributed by atoms with Gasteiger partial charge in [0.15, 0.2) is 11.6 Å². The van der Waals surface area contributed by atoms with E-state index in [-0.39, 0.29) is 29.1 Å². The Morgan fingerprint density at radius 1 is 1.12 bits per heavy atom. The Balaban J connectivity index is 2.32. The van der Waals surface area contributed by atoms with Crippen molar-refractivity contribution in [3.05, 3.63) is 57.2 Å². The quantitative estimate of drug-likeness (QED) is 0.594. The average Bonchev–Trinajstić information content (AvgIpc) is 2.57. The van der Waals surface area contributed by atoms with Crippen LogP contribution in [0.1, 0.15) is 12.7 Å². The molecule has 8 heteroatoms. The summed E-state index contributed by atoms with van der Waals surface area (Å²) in [5, 5.41) is -0.0571.